The van der Waals surface area contributed by atoms with E-state index in [1.807, 2.05) is 41.7 Å². The normalized spacial score (nSPS) is 23.7. The summed E-state index contributed by atoms with van der Waals surface area (Å²) < 4.78 is 2.01. The predicted molar refractivity (Wildman–Crippen MR) is 119 cm³/mol. The molecule has 2 heterocycles. The summed E-state index contributed by atoms with van der Waals surface area (Å²) in [4.78, 5) is 17.4. The molecule has 0 unspecified atom stereocenters. The summed E-state index contributed by atoms with van der Waals surface area (Å²) in [5.74, 6) is 2.77. The van der Waals surface area contributed by atoms with Crippen LogP contribution in [0.2, 0.25) is 0 Å². The predicted octanol–water partition coefficient (Wildman–Crippen LogP) is 4.70. The molecule has 1 N–H and O–H groups in total. The molecule has 3 aromatic rings. The first-order chi connectivity index (χ1) is 14.5. The summed E-state index contributed by atoms with van der Waals surface area (Å²) in [5.41, 5.74) is 3.96. The number of nitrogens with zero attached hydrogens (tertiary/aromatic N) is 3. The molecule has 2 bridgehead atoms. The second-order valence-corrected chi connectivity index (χ2v) is 9.89. The van der Waals surface area contributed by atoms with Crippen LogP contribution in [0.15, 0.2) is 35.4 Å². The fourth-order valence-electron chi connectivity index (χ4n) is 5.61. The first kappa shape index (κ1) is 19.4. The van der Waals surface area contributed by atoms with Crippen LogP contribution in [0.1, 0.15) is 43.7 Å². The highest BCUT2D eigenvalue weighted by Gasteiger charge is 2.42. The van der Waals surface area contributed by atoms with Crippen molar-refractivity contribution in [3.8, 4) is 6.07 Å². The lowest BCUT2D eigenvalue weighted by Crippen LogP contribution is -2.40. The summed E-state index contributed by atoms with van der Waals surface area (Å²) in [6.07, 6.45) is 5.34. The van der Waals surface area contributed by atoms with Crippen LogP contribution >= 0.6 is 11.8 Å². The van der Waals surface area contributed by atoms with Gasteiger partial charge in [0.05, 0.1) is 27.4 Å². The average molecular weight is 419 g/mol. The minimum absolute atomic E-state index is 0.0786. The van der Waals surface area contributed by atoms with Crippen LogP contribution in [-0.4, -0.2) is 27.1 Å². The monoisotopic (exact) mass is 418 g/mol. The first-order valence-corrected chi connectivity index (χ1v) is 11.8. The third kappa shape index (κ3) is 3.26. The van der Waals surface area contributed by atoms with E-state index in [2.05, 4.69) is 23.3 Å². The van der Waals surface area contributed by atoms with Gasteiger partial charge in [-0.05, 0) is 74.6 Å². The van der Waals surface area contributed by atoms with Crippen molar-refractivity contribution in [2.75, 3.05) is 5.75 Å². The van der Waals surface area contributed by atoms with Crippen LogP contribution < -0.4 is 5.32 Å². The molecule has 1 amide bonds. The Bertz CT molecular complexity index is 1180. The van der Waals surface area contributed by atoms with Gasteiger partial charge in [-0.15, -0.1) is 0 Å². The number of benzene rings is 1. The zero-order chi connectivity index (χ0) is 20.8. The number of carbonyl (C=O) groups excluding carboxylic acids is 1. The maximum atomic E-state index is 12.7. The van der Waals surface area contributed by atoms with Gasteiger partial charge in [-0.2, -0.15) is 5.26 Å². The van der Waals surface area contributed by atoms with Gasteiger partial charge in [0.1, 0.15) is 6.07 Å². The first-order valence-electron chi connectivity index (χ1n) is 10.8. The number of pyridine rings is 1. The molecule has 0 spiro atoms. The van der Waals surface area contributed by atoms with Crippen molar-refractivity contribution in [3.63, 3.8) is 0 Å². The van der Waals surface area contributed by atoms with Crippen LogP contribution in [0.3, 0.4) is 0 Å². The van der Waals surface area contributed by atoms with Crippen LogP contribution in [0, 0.1) is 36.0 Å². The number of hydrogen-bond donors (Lipinski definition) is 1. The van der Waals surface area contributed by atoms with E-state index in [9.17, 15) is 10.1 Å². The van der Waals surface area contributed by atoms with Crippen LogP contribution in [0.5, 0.6) is 0 Å². The summed E-state index contributed by atoms with van der Waals surface area (Å²) in [5, 5.41) is 13.8. The van der Waals surface area contributed by atoms with Crippen LogP contribution in [0.4, 0.5) is 0 Å². The number of amides is 1. The third-order valence-electron chi connectivity index (χ3n) is 7.03. The van der Waals surface area contributed by atoms with Gasteiger partial charge >= 0.3 is 0 Å². The highest BCUT2D eigenvalue weighted by atomic mass is 32.2. The van der Waals surface area contributed by atoms with Crippen LogP contribution in [-0.2, 0) is 4.79 Å². The van der Waals surface area contributed by atoms with Gasteiger partial charge in [-0.1, -0.05) is 30.3 Å². The van der Waals surface area contributed by atoms with Gasteiger partial charge in [-0.25, -0.2) is 4.98 Å². The van der Waals surface area contributed by atoms with E-state index < -0.39 is 0 Å². The number of rotatable bonds is 5. The topological polar surface area (TPSA) is 70.2 Å². The Morgan fingerprint density at radius 3 is 2.93 bits per heavy atom. The standard InChI is InChI=1S/C24H26N4OS/c1-14-9-23(28-21-6-4-3-5-20(21)27-24(28)19(14)12-25)30-13-22(29)26-15(2)18-11-16-7-8-17(18)10-16/h3-6,9,15-18H,7-8,10-11,13H2,1-2H3,(H,26,29)/t15-,16-,17-,18+/m0/s1. The summed E-state index contributed by atoms with van der Waals surface area (Å²) >= 11 is 1.51. The van der Waals surface area contributed by atoms with Crippen molar-refractivity contribution in [1.82, 2.24) is 14.7 Å². The summed E-state index contributed by atoms with van der Waals surface area (Å²) in [7, 11) is 0. The van der Waals surface area contributed by atoms with E-state index in [1.165, 1.54) is 37.4 Å². The number of para-hydroxylation sites is 2. The number of thioether (sulfide) groups is 1. The van der Waals surface area contributed by atoms with E-state index in [1.54, 1.807) is 0 Å². The molecule has 2 saturated carbocycles. The molecule has 5 rings (SSSR count). The lowest BCUT2D eigenvalue weighted by atomic mass is 9.84. The van der Waals surface area contributed by atoms with Crippen molar-refractivity contribution in [2.45, 2.75) is 50.6 Å². The smallest absolute Gasteiger partial charge is 0.230 e. The number of nitrogens with one attached hydrogen (secondary N) is 1. The van der Waals surface area contributed by atoms with Crippen molar-refractivity contribution in [2.24, 2.45) is 17.8 Å². The van der Waals surface area contributed by atoms with Crippen molar-refractivity contribution < 1.29 is 4.79 Å². The largest absolute Gasteiger partial charge is 0.353 e. The van der Waals surface area contributed by atoms with Crippen LogP contribution in [0.25, 0.3) is 16.7 Å². The maximum Gasteiger partial charge on any atom is 0.230 e. The molecule has 0 aliphatic heterocycles. The van der Waals surface area contributed by atoms with Gasteiger partial charge in [0.2, 0.25) is 5.91 Å². The fourth-order valence-corrected chi connectivity index (χ4v) is 6.54. The molecule has 0 saturated heterocycles. The minimum Gasteiger partial charge on any atom is -0.353 e. The Morgan fingerprint density at radius 2 is 2.20 bits per heavy atom. The number of carbonyl (C=O) groups is 1. The molecule has 5 nitrogen and oxygen atoms in total. The second kappa shape index (κ2) is 7.63. The zero-order valence-corrected chi connectivity index (χ0v) is 18.2. The number of fused-ring (bicyclic) bond motifs is 5. The molecular weight excluding hydrogens is 392 g/mol. The average Bonchev–Trinajstić information content (AvgIpc) is 3.46. The van der Waals surface area contributed by atoms with Crippen molar-refractivity contribution in [3.05, 3.63) is 41.5 Å². The van der Waals surface area contributed by atoms with E-state index in [0.717, 1.165) is 33.5 Å². The quantitative estimate of drug-likeness (QED) is 0.610. The number of aromatic nitrogens is 2. The van der Waals surface area contributed by atoms with Gasteiger partial charge < -0.3 is 5.32 Å². The SMILES string of the molecule is Cc1cc(SCC(=O)N[C@@H](C)[C@H]2C[C@H]3CC[C@H]2C3)n2c(nc3ccccc32)c1C#N. The molecule has 2 aliphatic rings. The highest BCUT2D eigenvalue weighted by molar-refractivity contribution is 7.99. The Kier molecular flexibility index (Phi) is 4.94. The molecule has 1 aromatic carbocycles. The Hall–Kier alpha value is -2.52. The van der Waals surface area contributed by atoms with E-state index in [-0.39, 0.29) is 11.9 Å². The number of aryl methyl sites for hydroxylation is 1. The molecule has 6 heteroatoms. The molecule has 2 fully saturated rings. The number of hydrogen-bond acceptors (Lipinski definition) is 4. The van der Waals surface area contributed by atoms with E-state index >= 15 is 0 Å². The lowest BCUT2D eigenvalue weighted by molar-refractivity contribution is -0.119. The molecule has 4 atom stereocenters. The van der Waals surface area contributed by atoms with Gasteiger partial charge in [0.25, 0.3) is 0 Å². The highest BCUT2D eigenvalue weighted by Crippen LogP contribution is 2.49. The van der Waals surface area contributed by atoms with E-state index in [0.29, 0.717) is 22.9 Å². The molecule has 0 radical (unpaired) electrons. The van der Waals surface area contributed by atoms with Gasteiger partial charge in [-0.3, -0.25) is 9.20 Å². The molecule has 2 aliphatic carbocycles. The molecular formula is C24H26N4OS. The third-order valence-corrected chi connectivity index (χ3v) is 8.03. The Morgan fingerprint density at radius 1 is 1.37 bits per heavy atom. The minimum atomic E-state index is 0.0786. The number of nitriles is 1. The van der Waals surface area contributed by atoms with Crippen molar-refractivity contribution >= 4 is 34.3 Å². The number of imidazole rings is 1. The second-order valence-electron chi connectivity index (χ2n) is 8.90. The Balaban J connectivity index is 1.36. The lowest BCUT2D eigenvalue weighted by Gasteiger charge is -2.28. The fraction of sp³-hybridized carbons (Fsp3) is 0.458. The van der Waals surface area contributed by atoms with Gasteiger partial charge in [0, 0.05) is 6.04 Å². The molecule has 30 heavy (non-hydrogen) atoms. The van der Waals surface area contributed by atoms with Gasteiger partial charge in [0.15, 0.2) is 5.65 Å². The maximum absolute atomic E-state index is 12.7. The molecule has 2 aromatic heterocycles. The van der Waals surface area contributed by atoms with E-state index in [4.69, 9.17) is 0 Å². The molecule has 154 valence electrons. The van der Waals surface area contributed by atoms with Crippen molar-refractivity contribution in [1.29, 1.82) is 5.26 Å². The summed E-state index contributed by atoms with van der Waals surface area (Å²) in [6, 6.07) is 12.4. The summed E-state index contributed by atoms with van der Waals surface area (Å²) in [6.45, 7) is 4.10. The zero-order valence-electron chi connectivity index (χ0n) is 17.4. The Labute approximate surface area is 180 Å².